The highest BCUT2D eigenvalue weighted by Crippen LogP contribution is 2.09. The van der Waals surface area contributed by atoms with E-state index >= 15 is 0 Å². The van der Waals surface area contributed by atoms with Crippen LogP contribution in [0.4, 0.5) is 0 Å². The van der Waals surface area contributed by atoms with Crippen LogP contribution in [0.3, 0.4) is 0 Å². The van der Waals surface area contributed by atoms with Gasteiger partial charge in [-0.15, -0.1) is 0 Å². The van der Waals surface area contributed by atoms with Crippen LogP contribution < -0.4 is 0 Å². The molecule has 0 aromatic rings. The van der Waals surface area contributed by atoms with Crippen molar-refractivity contribution in [1.82, 2.24) is 0 Å². The topological polar surface area (TPSA) is 0 Å². The van der Waals surface area contributed by atoms with Crippen LogP contribution in [0.5, 0.6) is 0 Å². The molecule has 0 aromatic heterocycles. The predicted molar refractivity (Wildman–Crippen MR) is 66.1 cm³/mol. The van der Waals surface area contributed by atoms with Crippen LogP contribution in [0.2, 0.25) is 0 Å². The summed E-state index contributed by atoms with van der Waals surface area (Å²) >= 11 is 0. The Balaban J connectivity index is -0.000000218. The van der Waals surface area contributed by atoms with Crippen LogP contribution in [0.15, 0.2) is 36.5 Å². The lowest BCUT2D eigenvalue weighted by Gasteiger charge is -1.98. The van der Waals surface area contributed by atoms with E-state index in [2.05, 4.69) is 20.1 Å². The second kappa shape index (κ2) is 17.3. The van der Waals surface area contributed by atoms with Gasteiger partial charge in [0, 0.05) is 0 Å². The fourth-order valence-electron chi connectivity index (χ4n) is 0.573. The van der Waals surface area contributed by atoms with Crippen molar-refractivity contribution in [3.63, 3.8) is 0 Å². The van der Waals surface area contributed by atoms with E-state index in [1.165, 1.54) is 11.1 Å². The summed E-state index contributed by atoms with van der Waals surface area (Å²) in [6, 6.07) is 0. The van der Waals surface area contributed by atoms with E-state index in [-0.39, 0.29) is 0 Å². The fraction of sp³-hybridized carbons (Fsp3) is 0.538. The first-order chi connectivity index (χ1) is 6.22. The van der Waals surface area contributed by atoms with E-state index in [4.69, 9.17) is 0 Å². The summed E-state index contributed by atoms with van der Waals surface area (Å²) in [5, 5.41) is 0. The highest BCUT2D eigenvalue weighted by molar-refractivity contribution is 5.28. The molecular weight excluding hydrogens is 156 g/mol. The molecule has 0 atom stereocenters. The molecule has 0 rings (SSSR count). The highest BCUT2D eigenvalue weighted by atomic mass is 13.9. The van der Waals surface area contributed by atoms with E-state index in [1.54, 1.807) is 6.08 Å². The standard InChI is InChI=1S/C9H14.2C2H6/c1-5-7-9(4)8(3)6-2;2*1-2/h5,7H,1,3,6H2,2,4H3;2*1-2H3/b9-7-;;. The molecular formula is C13H26. The molecule has 0 saturated heterocycles. The Labute approximate surface area is 85.1 Å². The van der Waals surface area contributed by atoms with Crippen LogP contribution >= 0.6 is 0 Å². The number of hydrogen-bond donors (Lipinski definition) is 0. The third kappa shape index (κ3) is 14.1. The molecule has 0 aliphatic carbocycles. The predicted octanol–water partition coefficient (Wildman–Crippen LogP) is 5.14. The average molecular weight is 182 g/mol. The van der Waals surface area contributed by atoms with Crippen LogP contribution in [0.25, 0.3) is 0 Å². The molecule has 0 saturated carbocycles. The van der Waals surface area contributed by atoms with Gasteiger partial charge in [-0.3, -0.25) is 0 Å². The molecule has 0 N–H and O–H groups in total. The smallest absolute Gasteiger partial charge is 0.0311 e. The molecule has 0 amide bonds. The quantitative estimate of drug-likeness (QED) is 0.530. The minimum absolute atomic E-state index is 1.02. The minimum Gasteiger partial charge on any atom is -0.0991 e. The Bertz CT molecular complexity index is 138. The molecule has 0 aromatic carbocycles. The SMILES string of the molecule is C=C/C=C(/C)C(=C)CC.CC.CC. The monoisotopic (exact) mass is 182 g/mol. The van der Waals surface area contributed by atoms with Crippen molar-refractivity contribution in [3.8, 4) is 0 Å². The van der Waals surface area contributed by atoms with Crippen LogP contribution in [0.1, 0.15) is 48.0 Å². The molecule has 0 fully saturated rings. The highest BCUT2D eigenvalue weighted by Gasteiger charge is 1.88. The molecule has 0 aliphatic rings. The average Bonchev–Trinajstić information content (AvgIpc) is 2.23. The van der Waals surface area contributed by atoms with Crippen LogP contribution in [-0.4, -0.2) is 0 Å². The first-order valence-corrected chi connectivity index (χ1v) is 5.19. The zero-order valence-corrected chi connectivity index (χ0v) is 10.3. The van der Waals surface area contributed by atoms with Crippen molar-refractivity contribution in [2.45, 2.75) is 48.0 Å². The Hall–Kier alpha value is -0.780. The van der Waals surface area contributed by atoms with E-state index in [0.29, 0.717) is 0 Å². The number of allylic oxidation sites excluding steroid dienone is 4. The van der Waals surface area contributed by atoms with Gasteiger partial charge in [0.2, 0.25) is 0 Å². The molecule has 0 spiro atoms. The third-order valence-corrected chi connectivity index (χ3v) is 1.35. The van der Waals surface area contributed by atoms with Crippen molar-refractivity contribution < 1.29 is 0 Å². The normalized spacial score (nSPS) is 8.62. The molecule has 0 bridgehead atoms. The summed E-state index contributed by atoms with van der Waals surface area (Å²) < 4.78 is 0. The van der Waals surface area contributed by atoms with Gasteiger partial charge in [0.25, 0.3) is 0 Å². The first kappa shape index (κ1) is 18.1. The van der Waals surface area contributed by atoms with Gasteiger partial charge in [-0.2, -0.15) is 0 Å². The van der Waals surface area contributed by atoms with Gasteiger partial charge < -0.3 is 0 Å². The fourth-order valence-corrected chi connectivity index (χ4v) is 0.573. The number of rotatable bonds is 3. The van der Waals surface area contributed by atoms with Crippen LogP contribution in [0, 0.1) is 0 Å². The van der Waals surface area contributed by atoms with E-state index < -0.39 is 0 Å². The third-order valence-electron chi connectivity index (χ3n) is 1.35. The molecule has 0 heterocycles. The second-order valence-electron chi connectivity index (χ2n) is 2.04. The molecule has 0 unspecified atom stereocenters. The summed E-state index contributed by atoms with van der Waals surface area (Å²) in [6.07, 6.45) is 4.79. The molecule has 0 radical (unpaired) electrons. The Kier molecular flexibility index (Phi) is 24.1. The lowest BCUT2D eigenvalue weighted by molar-refractivity contribution is 1.11. The van der Waals surface area contributed by atoms with Crippen molar-refractivity contribution in [3.05, 3.63) is 36.5 Å². The molecule has 0 nitrogen and oxygen atoms in total. The van der Waals surface area contributed by atoms with E-state index in [0.717, 1.165) is 6.42 Å². The zero-order valence-electron chi connectivity index (χ0n) is 10.3. The molecule has 0 aliphatic heterocycles. The maximum absolute atomic E-state index is 3.88. The molecule has 78 valence electrons. The summed E-state index contributed by atoms with van der Waals surface area (Å²) in [5.41, 5.74) is 2.42. The molecule has 13 heavy (non-hydrogen) atoms. The lowest BCUT2D eigenvalue weighted by atomic mass is 10.1. The van der Waals surface area contributed by atoms with Crippen molar-refractivity contribution in [1.29, 1.82) is 0 Å². The van der Waals surface area contributed by atoms with Gasteiger partial charge in [0.1, 0.15) is 0 Å². The van der Waals surface area contributed by atoms with Gasteiger partial charge in [0.05, 0.1) is 0 Å². The number of hydrogen-bond acceptors (Lipinski definition) is 0. The Morgan fingerprint density at radius 2 is 1.54 bits per heavy atom. The summed E-state index contributed by atoms with van der Waals surface area (Å²) in [7, 11) is 0. The maximum atomic E-state index is 3.88. The van der Waals surface area contributed by atoms with E-state index in [9.17, 15) is 0 Å². The maximum Gasteiger partial charge on any atom is -0.0311 e. The minimum atomic E-state index is 1.02. The second-order valence-corrected chi connectivity index (χ2v) is 2.04. The Morgan fingerprint density at radius 1 is 1.15 bits per heavy atom. The van der Waals surface area contributed by atoms with Crippen molar-refractivity contribution >= 4 is 0 Å². The van der Waals surface area contributed by atoms with Crippen molar-refractivity contribution in [2.24, 2.45) is 0 Å². The first-order valence-electron chi connectivity index (χ1n) is 5.19. The Morgan fingerprint density at radius 3 is 1.77 bits per heavy atom. The van der Waals surface area contributed by atoms with Gasteiger partial charge in [-0.1, -0.05) is 65.5 Å². The summed E-state index contributed by atoms with van der Waals surface area (Å²) in [6.45, 7) is 19.6. The van der Waals surface area contributed by atoms with E-state index in [1.807, 2.05) is 40.7 Å². The van der Waals surface area contributed by atoms with Gasteiger partial charge in [0.15, 0.2) is 0 Å². The largest absolute Gasteiger partial charge is 0.0991 e. The molecule has 0 heteroatoms. The lowest BCUT2D eigenvalue weighted by Crippen LogP contribution is -1.78. The van der Waals surface area contributed by atoms with Crippen molar-refractivity contribution in [2.75, 3.05) is 0 Å². The van der Waals surface area contributed by atoms with Crippen LogP contribution in [-0.2, 0) is 0 Å². The van der Waals surface area contributed by atoms with Gasteiger partial charge in [-0.05, 0) is 18.9 Å². The summed E-state index contributed by atoms with van der Waals surface area (Å²) in [4.78, 5) is 0. The van der Waals surface area contributed by atoms with Gasteiger partial charge >= 0.3 is 0 Å². The zero-order chi connectivity index (χ0) is 11.3. The summed E-state index contributed by atoms with van der Waals surface area (Å²) in [5.74, 6) is 0. The van der Waals surface area contributed by atoms with Gasteiger partial charge in [-0.25, -0.2) is 0 Å².